The molecule has 0 saturated carbocycles. The summed E-state index contributed by atoms with van der Waals surface area (Å²) in [4.78, 5) is 24.9. The first kappa shape index (κ1) is 15.2. The van der Waals surface area contributed by atoms with E-state index in [1.165, 1.54) is 12.3 Å². The Balaban J connectivity index is 4.93. The molecule has 0 spiro atoms. The second-order valence-electron chi connectivity index (χ2n) is 3.48. The van der Waals surface area contributed by atoms with Crippen molar-refractivity contribution in [1.29, 1.82) is 0 Å². The lowest BCUT2D eigenvalue weighted by Crippen LogP contribution is -2.17. The van der Waals surface area contributed by atoms with Crippen LogP contribution in [-0.4, -0.2) is 37.4 Å². The number of rotatable bonds is 6. The zero-order valence-corrected chi connectivity index (χ0v) is 10.8. The number of carbonyl (C=O) groups excluding carboxylic acids is 2. The van der Waals surface area contributed by atoms with Crippen LogP contribution in [-0.2, 0) is 14.3 Å². The molecule has 4 heteroatoms. The van der Waals surface area contributed by atoms with Crippen molar-refractivity contribution >= 4 is 11.8 Å². The van der Waals surface area contributed by atoms with E-state index in [2.05, 4.69) is 0 Å². The SMILES string of the molecule is C/C=C/C=C/C(=O)/C(=C/N(C)C)C(=O)OCC. The fraction of sp³-hybridized carbons (Fsp3) is 0.385. The van der Waals surface area contributed by atoms with Crippen LogP contribution in [0.2, 0.25) is 0 Å². The second-order valence-corrected chi connectivity index (χ2v) is 3.48. The van der Waals surface area contributed by atoms with Crippen LogP contribution < -0.4 is 0 Å². The van der Waals surface area contributed by atoms with Crippen molar-refractivity contribution in [2.45, 2.75) is 13.8 Å². The van der Waals surface area contributed by atoms with Gasteiger partial charge in [-0.15, -0.1) is 0 Å². The van der Waals surface area contributed by atoms with E-state index in [1.54, 1.807) is 44.1 Å². The molecule has 0 rings (SSSR count). The fourth-order valence-electron chi connectivity index (χ4n) is 1.03. The smallest absolute Gasteiger partial charge is 0.343 e. The van der Waals surface area contributed by atoms with Crippen LogP contribution in [0.5, 0.6) is 0 Å². The molecule has 0 aliphatic carbocycles. The zero-order valence-electron chi connectivity index (χ0n) is 10.8. The summed E-state index contributed by atoms with van der Waals surface area (Å²) in [6, 6.07) is 0. The van der Waals surface area contributed by atoms with Crippen molar-refractivity contribution in [2.24, 2.45) is 0 Å². The Kier molecular flexibility index (Phi) is 7.43. The number of ketones is 1. The lowest BCUT2D eigenvalue weighted by atomic mass is 10.1. The Morgan fingerprint density at radius 1 is 1.24 bits per heavy atom. The molecule has 0 aliphatic rings. The van der Waals surface area contributed by atoms with E-state index in [0.717, 1.165) is 0 Å². The lowest BCUT2D eigenvalue weighted by molar-refractivity contribution is -0.139. The molecule has 0 unspecified atom stereocenters. The minimum atomic E-state index is -0.601. The van der Waals surface area contributed by atoms with Gasteiger partial charge >= 0.3 is 5.97 Å². The highest BCUT2D eigenvalue weighted by Crippen LogP contribution is 2.03. The number of hydrogen-bond donors (Lipinski definition) is 0. The Bertz CT molecular complexity index is 352. The van der Waals surface area contributed by atoms with Crippen LogP contribution >= 0.6 is 0 Å². The summed E-state index contributed by atoms with van der Waals surface area (Å²) in [5, 5.41) is 0. The van der Waals surface area contributed by atoms with Gasteiger partial charge in [0, 0.05) is 20.3 Å². The molecule has 0 N–H and O–H groups in total. The van der Waals surface area contributed by atoms with Gasteiger partial charge in [0.05, 0.1) is 6.61 Å². The highest BCUT2D eigenvalue weighted by molar-refractivity contribution is 6.21. The summed E-state index contributed by atoms with van der Waals surface area (Å²) in [5.74, 6) is -0.966. The Hall–Kier alpha value is -1.84. The molecule has 4 nitrogen and oxygen atoms in total. The number of esters is 1. The van der Waals surface area contributed by atoms with Crippen molar-refractivity contribution in [3.63, 3.8) is 0 Å². The number of carbonyl (C=O) groups is 2. The van der Waals surface area contributed by atoms with Crippen molar-refractivity contribution in [3.8, 4) is 0 Å². The Morgan fingerprint density at radius 2 is 1.88 bits per heavy atom. The standard InChI is InChI=1S/C13H19NO3/c1-5-7-8-9-12(15)11(10-14(3)4)13(16)17-6-2/h5,7-10H,6H2,1-4H3/b7-5+,9-8+,11-10-. The third kappa shape index (κ3) is 6.35. The van der Waals surface area contributed by atoms with E-state index in [4.69, 9.17) is 4.74 Å². The van der Waals surface area contributed by atoms with Gasteiger partial charge in [-0.2, -0.15) is 0 Å². The Labute approximate surface area is 102 Å². The molecule has 0 atom stereocenters. The van der Waals surface area contributed by atoms with Crippen molar-refractivity contribution in [1.82, 2.24) is 4.90 Å². The maximum absolute atomic E-state index is 11.8. The molecule has 0 fully saturated rings. The van der Waals surface area contributed by atoms with Crippen molar-refractivity contribution in [2.75, 3.05) is 20.7 Å². The van der Waals surface area contributed by atoms with Gasteiger partial charge < -0.3 is 9.64 Å². The highest BCUT2D eigenvalue weighted by atomic mass is 16.5. The van der Waals surface area contributed by atoms with Crippen LogP contribution in [0.4, 0.5) is 0 Å². The lowest BCUT2D eigenvalue weighted by Gasteiger charge is -2.08. The third-order valence-corrected chi connectivity index (χ3v) is 1.70. The summed E-state index contributed by atoms with van der Waals surface area (Å²) in [5.41, 5.74) is 0.0256. The average molecular weight is 237 g/mol. The topological polar surface area (TPSA) is 46.6 Å². The number of nitrogens with zero attached hydrogens (tertiary/aromatic N) is 1. The van der Waals surface area contributed by atoms with E-state index in [1.807, 2.05) is 6.92 Å². The van der Waals surface area contributed by atoms with Crippen LogP contribution in [0.15, 0.2) is 36.1 Å². The Morgan fingerprint density at radius 3 is 2.35 bits per heavy atom. The molecule has 17 heavy (non-hydrogen) atoms. The summed E-state index contributed by atoms with van der Waals surface area (Å²) in [7, 11) is 3.48. The van der Waals surface area contributed by atoms with E-state index in [9.17, 15) is 9.59 Å². The van der Waals surface area contributed by atoms with Crippen LogP contribution in [0.3, 0.4) is 0 Å². The molecule has 0 aromatic heterocycles. The first-order valence-electron chi connectivity index (χ1n) is 5.42. The van der Waals surface area contributed by atoms with Crippen molar-refractivity contribution in [3.05, 3.63) is 36.1 Å². The summed E-state index contributed by atoms with van der Waals surface area (Å²) in [6.45, 7) is 3.79. The van der Waals surface area contributed by atoms with Crippen LogP contribution in [0.1, 0.15) is 13.8 Å². The molecular formula is C13H19NO3. The van der Waals surface area contributed by atoms with Gasteiger partial charge in [-0.3, -0.25) is 4.79 Å². The minimum absolute atomic E-state index is 0.0256. The molecule has 94 valence electrons. The van der Waals surface area contributed by atoms with Gasteiger partial charge in [-0.1, -0.05) is 18.2 Å². The van der Waals surface area contributed by atoms with E-state index in [-0.39, 0.29) is 18.0 Å². The van der Waals surface area contributed by atoms with Crippen molar-refractivity contribution < 1.29 is 14.3 Å². The minimum Gasteiger partial charge on any atom is -0.462 e. The molecule has 0 bridgehead atoms. The number of ether oxygens (including phenoxy) is 1. The van der Waals surface area contributed by atoms with Gasteiger partial charge in [0.1, 0.15) is 5.57 Å². The largest absolute Gasteiger partial charge is 0.462 e. The molecule has 0 amide bonds. The third-order valence-electron chi connectivity index (χ3n) is 1.70. The summed E-state index contributed by atoms with van der Waals surface area (Å²) < 4.78 is 4.83. The summed E-state index contributed by atoms with van der Waals surface area (Å²) >= 11 is 0. The average Bonchev–Trinajstić information content (AvgIpc) is 2.26. The molecule has 0 saturated heterocycles. The van der Waals surface area contributed by atoms with Gasteiger partial charge in [0.15, 0.2) is 5.78 Å². The molecule has 0 aromatic carbocycles. The molecular weight excluding hydrogens is 218 g/mol. The first-order chi connectivity index (χ1) is 8.02. The monoisotopic (exact) mass is 237 g/mol. The number of allylic oxidation sites excluding steroid dienone is 4. The van der Waals surface area contributed by atoms with Crippen LogP contribution in [0, 0.1) is 0 Å². The molecule has 0 aromatic rings. The first-order valence-corrected chi connectivity index (χ1v) is 5.42. The van der Waals surface area contributed by atoms with Gasteiger partial charge in [0.2, 0.25) is 0 Å². The second kappa shape index (κ2) is 8.33. The molecule has 0 aliphatic heterocycles. The van der Waals surface area contributed by atoms with Crippen LogP contribution in [0.25, 0.3) is 0 Å². The van der Waals surface area contributed by atoms with Gasteiger partial charge in [0.25, 0.3) is 0 Å². The van der Waals surface area contributed by atoms with E-state index in [0.29, 0.717) is 0 Å². The summed E-state index contributed by atoms with van der Waals surface area (Å²) in [6.07, 6.45) is 7.90. The molecule has 0 radical (unpaired) electrons. The number of hydrogen-bond acceptors (Lipinski definition) is 4. The normalized spacial score (nSPS) is 12.1. The van der Waals surface area contributed by atoms with Gasteiger partial charge in [-0.05, 0) is 19.9 Å². The predicted octanol–water partition coefficient (Wildman–Crippen LogP) is 1.70. The van der Waals surface area contributed by atoms with Gasteiger partial charge in [-0.25, -0.2) is 4.79 Å². The predicted molar refractivity (Wildman–Crippen MR) is 67.4 cm³/mol. The van der Waals surface area contributed by atoms with E-state index < -0.39 is 5.97 Å². The fourth-order valence-corrected chi connectivity index (χ4v) is 1.03. The molecule has 0 heterocycles. The quantitative estimate of drug-likeness (QED) is 0.232. The highest BCUT2D eigenvalue weighted by Gasteiger charge is 2.17. The van der Waals surface area contributed by atoms with E-state index >= 15 is 0 Å². The maximum atomic E-state index is 11.8. The zero-order chi connectivity index (χ0) is 13.3. The maximum Gasteiger partial charge on any atom is 0.343 e.